The summed E-state index contributed by atoms with van der Waals surface area (Å²) >= 11 is 11.8. The molecule has 7 nitrogen and oxygen atoms in total. The van der Waals surface area contributed by atoms with Gasteiger partial charge in [-0.2, -0.15) is 0 Å². The second-order valence-corrected chi connectivity index (χ2v) is 9.25. The number of amidine groups is 1. The molecule has 36 heavy (non-hydrogen) atoms. The van der Waals surface area contributed by atoms with Crippen molar-refractivity contribution in [2.24, 2.45) is 15.7 Å². The Morgan fingerprint density at radius 1 is 1.11 bits per heavy atom. The maximum absolute atomic E-state index is 13.4. The number of nitrogens with zero attached hydrogens (tertiary/aromatic N) is 3. The van der Waals surface area contributed by atoms with E-state index in [1.807, 2.05) is 66.7 Å². The molecule has 0 radical (unpaired) electrons. The molecule has 1 unspecified atom stereocenters. The normalized spacial score (nSPS) is 15.6. The lowest BCUT2D eigenvalue weighted by Gasteiger charge is -2.22. The van der Waals surface area contributed by atoms with Gasteiger partial charge in [-0.15, -0.1) is 0 Å². The van der Waals surface area contributed by atoms with Crippen molar-refractivity contribution in [1.82, 2.24) is 10.6 Å². The predicted octanol–water partition coefficient (Wildman–Crippen LogP) is 4.02. The summed E-state index contributed by atoms with van der Waals surface area (Å²) in [6, 6.07) is 23.1. The molecule has 4 N–H and O–H groups in total. The van der Waals surface area contributed by atoms with Crippen LogP contribution in [0.2, 0.25) is 5.02 Å². The van der Waals surface area contributed by atoms with E-state index in [2.05, 4.69) is 15.6 Å². The maximum Gasteiger partial charge on any atom is 0.272 e. The van der Waals surface area contributed by atoms with Gasteiger partial charge >= 0.3 is 0 Å². The molecule has 1 heterocycles. The number of fused-ring (bicyclic) bond motifs is 1. The first-order chi connectivity index (χ1) is 17.3. The Labute approximate surface area is 221 Å². The number of amides is 1. The van der Waals surface area contributed by atoms with Crippen molar-refractivity contribution in [3.05, 3.63) is 100 Å². The van der Waals surface area contributed by atoms with Gasteiger partial charge in [0.1, 0.15) is 0 Å². The minimum Gasteiger partial charge on any atom is -0.388 e. The number of hydrogen-bond donors (Lipinski definition) is 3. The zero-order valence-electron chi connectivity index (χ0n) is 20.0. The van der Waals surface area contributed by atoms with Crippen molar-refractivity contribution in [3.8, 4) is 0 Å². The van der Waals surface area contributed by atoms with Crippen LogP contribution in [0.15, 0.2) is 82.8 Å². The molecule has 1 aliphatic heterocycles. The van der Waals surface area contributed by atoms with Crippen LogP contribution >= 0.6 is 23.8 Å². The number of carbonyl (C=O) groups excluding carboxylic acids is 1. The SMILES string of the molecule is CC(N)=NCc1cccc(CNC(=S)NC2N=C(c3ccccc3)c3cc(Cl)ccc3N(C)C2=O)c1. The van der Waals surface area contributed by atoms with Gasteiger partial charge in [-0.05, 0) is 48.5 Å². The van der Waals surface area contributed by atoms with Gasteiger partial charge in [-0.25, -0.2) is 4.99 Å². The number of benzodiazepines with no additional fused rings is 1. The molecular weight excluding hydrogens is 492 g/mol. The largest absolute Gasteiger partial charge is 0.388 e. The van der Waals surface area contributed by atoms with Gasteiger partial charge in [0.15, 0.2) is 5.11 Å². The lowest BCUT2D eigenvalue weighted by atomic mass is 10.0. The van der Waals surface area contributed by atoms with E-state index < -0.39 is 6.17 Å². The van der Waals surface area contributed by atoms with Crippen LogP contribution in [-0.4, -0.2) is 35.8 Å². The topological polar surface area (TPSA) is 95.1 Å². The molecule has 3 aromatic rings. The zero-order chi connectivity index (χ0) is 25.7. The number of hydrogen-bond acceptors (Lipinski definition) is 4. The summed E-state index contributed by atoms with van der Waals surface area (Å²) in [5.41, 5.74) is 10.8. The summed E-state index contributed by atoms with van der Waals surface area (Å²) in [4.78, 5) is 24.0. The number of nitrogens with one attached hydrogen (secondary N) is 2. The number of carbonyl (C=O) groups is 1. The van der Waals surface area contributed by atoms with E-state index >= 15 is 0 Å². The molecule has 0 saturated carbocycles. The molecule has 0 bridgehead atoms. The number of benzene rings is 3. The second kappa shape index (κ2) is 11.3. The highest BCUT2D eigenvalue weighted by molar-refractivity contribution is 7.80. The van der Waals surface area contributed by atoms with Crippen LogP contribution in [0, 0.1) is 0 Å². The van der Waals surface area contributed by atoms with Crippen LogP contribution in [0.3, 0.4) is 0 Å². The van der Waals surface area contributed by atoms with Gasteiger partial charge in [0.05, 0.1) is 23.8 Å². The molecule has 0 spiro atoms. The third-order valence-electron chi connectivity index (χ3n) is 5.67. The molecule has 4 rings (SSSR count). The molecule has 1 amide bonds. The highest BCUT2D eigenvalue weighted by atomic mass is 35.5. The maximum atomic E-state index is 13.4. The van der Waals surface area contributed by atoms with Gasteiger partial charge in [0, 0.05) is 29.7 Å². The molecule has 3 aromatic carbocycles. The summed E-state index contributed by atoms with van der Waals surface area (Å²) in [6.07, 6.45) is -0.912. The standard InChI is InChI=1S/C27H27ClN6OS/c1-17(29)30-15-18-7-6-8-19(13-18)16-31-27(36)33-25-26(35)34(2)23-12-11-21(28)14-22(23)24(32-25)20-9-4-3-5-10-20/h3-14,25H,15-16H2,1-2H3,(H2,29,30)(H2,31,33,36). The molecule has 0 fully saturated rings. The van der Waals surface area contributed by atoms with E-state index in [-0.39, 0.29) is 5.91 Å². The summed E-state index contributed by atoms with van der Waals surface area (Å²) in [5.74, 6) is 0.312. The fourth-order valence-corrected chi connectivity index (χ4v) is 4.23. The molecule has 1 aliphatic rings. The van der Waals surface area contributed by atoms with Crippen molar-refractivity contribution < 1.29 is 4.79 Å². The predicted molar refractivity (Wildman–Crippen MR) is 151 cm³/mol. The van der Waals surface area contributed by atoms with Crippen LogP contribution < -0.4 is 21.3 Å². The van der Waals surface area contributed by atoms with E-state index in [1.165, 1.54) is 0 Å². The first kappa shape index (κ1) is 25.3. The number of likely N-dealkylation sites (N-methyl/N-ethyl adjacent to an activating group) is 1. The van der Waals surface area contributed by atoms with Gasteiger partial charge in [-0.1, -0.05) is 66.2 Å². The van der Waals surface area contributed by atoms with Gasteiger partial charge in [-0.3, -0.25) is 9.79 Å². The average molecular weight is 519 g/mol. The molecule has 1 atom stereocenters. The van der Waals surface area contributed by atoms with E-state index in [4.69, 9.17) is 34.5 Å². The van der Waals surface area contributed by atoms with Crippen LogP contribution in [-0.2, 0) is 17.9 Å². The number of nitrogens with two attached hydrogens (primary N) is 1. The van der Waals surface area contributed by atoms with Crippen LogP contribution in [0.5, 0.6) is 0 Å². The summed E-state index contributed by atoms with van der Waals surface area (Å²) in [5, 5.41) is 7.15. The lowest BCUT2D eigenvalue weighted by Crippen LogP contribution is -2.49. The molecule has 0 aromatic heterocycles. The van der Waals surface area contributed by atoms with Crippen molar-refractivity contribution in [1.29, 1.82) is 0 Å². The van der Waals surface area contributed by atoms with Crippen LogP contribution in [0.1, 0.15) is 29.2 Å². The van der Waals surface area contributed by atoms with Gasteiger partial charge in [0.25, 0.3) is 5.91 Å². The van der Waals surface area contributed by atoms with Gasteiger partial charge in [0.2, 0.25) is 6.17 Å². The molecule has 184 valence electrons. The van der Waals surface area contributed by atoms with E-state index in [1.54, 1.807) is 24.9 Å². The van der Waals surface area contributed by atoms with Crippen molar-refractivity contribution in [2.75, 3.05) is 11.9 Å². The van der Waals surface area contributed by atoms with Crippen molar-refractivity contribution in [3.63, 3.8) is 0 Å². The monoisotopic (exact) mass is 518 g/mol. The van der Waals surface area contributed by atoms with E-state index in [0.717, 1.165) is 27.9 Å². The van der Waals surface area contributed by atoms with Crippen LogP contribution in [0.25, 0.3) is 0 Å². The fraction of sp³-hybridized carbons (Fsp3) is 0.185. The van der Waals surface area contributed by atoms with Crippen LogP contribution in [0.4, 0.5) is 5.69 Å². The Morgan fingerprint density at radius 2 is 1.86 bits per heavy atom. The Hall–Kier alpha value is -3.75. The highest BCUT2D eigenvalue weighted by Gasteiger charge is 2.30. The molecular formula is C27H27ClN6OS. The van der Waals surface area contributed by atoms with E-state index in [9.17, 15) is 4.79 Å². The first-order valence-electron chi connectivity index (χ1n) is 11.4. The third-order valence-corrected chi connectivity index (χ3v) is 6.17. The highest BCUT2D eigenvalue weighted by Crippen LogP contribution is 2.29. The third kappa shape index (κ3) is 6.08. The van der Waals surface area contributed by atoms with Crippen molar-refractivity contribution in [2.45, 2.75) is 26.2 Å². The summed E-state index contributed by atoms with van der Waals surface area (Å²) in [7, 11) is 1.72. The smallest absolute Gasteiger partial charge is 0.272 e. The number of halogens is 1. The fourth-order valence-electron chi connectivity index (χ4n) is 3.88. The Morgan fingerprint density at radius 3 is 2.61 bits per heavy atom. The second-order valence-electron chi connectivity index (χ2n) is 8.41. The van der Waals surface area contributed by atoms with Gasteiger partial charge < -0.3 is 21.3 Å². The average Bonchev–Trinajstić information content (AvgIpc) is 2.97. The number of rotatable bonds is 6. The Kier molecular flexibility index (Phi) is 7.97. The molecule has 9 heteroatoms. The lowest BCUT2D eigenvalue weighted by molar-refractivity contribution is -0.119. The molecule has 0 aliphatic carbocycles. The number of aliphatic imine (C=N–C) groups is 2. The number of thiocarbonyl (C=S) groups is 1. The van der Waals surface area contributed by atoms with Crippen molar-refractivity contribution >= 4 is 52.1 Å². The minimum absolute atomic E-state index is 0.231. The zero-order valence-corrected chi connectivity index (χ0v) is 21.6. The minimum atomic E-state index is -0.912. The first-order valence-corrected chi connectivity index (χ1v) is 12.2. The summed E-state index contributed by atoms with van der Waals surface area (Å²) in [6.45, 7) is 2.76. The summed E-state index contributed by atoms with van der Waals surface area (Å²) < 4.78 is 0. The number of anilines is 1. The Balaban J connectivity index is 1.55. The Bertz CT molecular complexity index is 1340. The van der Waals surface area contributed by atoms with E-state index in [0.29, 0.717) is 34.8 Å². The molecule has 0 saturated heterocycles. The quantitative estimate of drug-likeness (QED) is 0.260.